The molecule has 1 heterocycles. The lowest BCUT2D eigenvalue weighted by molar-refractivity contribution is 0.490. The van der Waals surface area contributed by atoms with E-state index in [1.54, 1.807) is 0 Å². The second-order valence-corrected chi connectivity index (χ2v) is 7.31. The first-order valence-corrected chi connectivity index (χ1v) is 8.60. The molecule has 2 aliphatic rings. The molecule has 1 fully saturated rings. The minimum atomic E-state index is -3.12. The molecular formula is C13H24N2O2S. The Morgan fingerprint density at radius 3 is 2.89 bits per heavy atom. The number of sulfonamides is 1. The molecule has 1 aliphatic carbocycles. The summed E-state index contributed by atoms with van der Waals surface area (Å²) in [5.41, 5.74) is 1.42. The first kappa shape index (κ1) is 14.0. The molecule has 1 saturated heterocycles. The van der Waals surface area contributed by atoms with Gasteiger partial charge in [0.15, 0.2) is 0 Å². The SMILES string of the molecule is O=S(=O)(NCCC1=CCCCC1)C1CCCNC1. The molecule has 104 valence electrons. The van der Waals surface area contributed by atoms with Gasteiger partial charge < -0.3 is 5.32 Å². The Morgan fingerprint density at radius 1 is 1.33 bits per heavy atom. The van der Waals surface area contributed by atoms with Crippen LogP contribution in [0.3, 0.4) is 0 Å². The highest BCUT2D eigenvalue weighted by Crippen LogP contribution is 2.19. The van der Waals surface area contributed by atoms with Gasteiger partial charge in [-0.1, -0.05) is 11.6 Å². The van der Waals surface area contributed by atoms with E-state index < -0.39 is 10.0 Å². The molecular weight excluding hydrogens is 248 g/mol. The van der Waals surface area contributed by atoms with E-state index in [0.29, 0.717) is 13.1 Å². The van der Waals surface area contributed by atoms with Gasteiger partial charge in [0.1, 0.15) is 0 Å². The molecule has 0 aromatic rings. The largest absolute Gasteiger partial charge is 0.315 e. The Bertz CT molecular complexity index is 384. The maximum Gasteiger partial charge on any atom is 0.215 e. The van der Waals surface area contributed by atoms with Gasteiger partial charge in [0.2, 0.25) is 10.0 Å². The second kappa shape index (κ2) is 6.68. The lowest BCUT2D eigenvalue weighted by Gasteiger charge is -2.23. The molecule has 1 atom stereocenters. The Labute approximate surface area is 110 Å². The normalized spacial score (nSPS) is 25.8. The van der Waals surface area contributed by atoms with Gasteiger partial charge in [0.25, 0.3) is 0 Å². The van der Waals surface area contributed by atoms with Crippen molar-refractivity contribution in [1.82, 2.24) is 10.0 Å². The van der Waals surface area contributed by atoms with E-state index >= 15 is 0 Å². The van der Waals surface area contributed by atoms with Gasteiger partial charge in [0.05, 0.1) is 5.25 Å². The van der Waals surface area contributed by atoms with Crippen LogP contribution in [0.1, 0.15) is 44.9 Å². The summed E-state index contributed by atoms with van der Waals surface area (Å²) in [7, 11) is -3.12. The highest BCUT2D eigenvalue weighted by atomic mass is 32.2. The van der Waals surface area contributed by atoms with Gasteiger partial charge in [0, 0.05) is 13.1 Å². The average Bonchev–Trinajstić information content (AvgIpc) is 2.41. The number of nitrogens with one attached hydrogen (secondary N) is 2. The first-order chi connectivity index (χ1) is 8.68. The average molecular weight is 272 g/mol. The second-order valence-electron chi connectivity index (χ2n) is 5.27. The predicted octanol–water partition coefficient (Wildman–Crippen LogP) is 1.55. The van der Waals surface area contributed by atoms with E-state index in [9.17, 15) is 8.42 Å². The first-order valence-electron chi connectivity index (χ1n) is 7.05. The number of hydrogen-bond acceptors (Lipinski definition) is 3. The van der Waals surface area contributed by atoms with Crippen LogP contribution in [0, 0.1) is 0 Å². The van der Waals surface area contributed by atoms with Crippen molar-refractivity contribution in [2.75, 3.05) is 19.6 Å². The van der Waals surface area contributed by atoms with Crippen LogP contribution in [0.4, 0.5) is 0 Å². The monoisotopic (exact) mass is 272 g/mol. The van der Waals surface area contributed by atoms with E-state index in [-0.39, 0.29) is 5.25 Å². The molecule has 2 rings (SSSR count). The fourth-order valence-corrected chi connectivity index (χ4v) is 4.12. The van der Waals surface area contributed by atoms with Crippen LogP contribution in [0.25, 0.3) is 0 Å². The van der Waals surface area contributed by atoms with Crippen molar-refractivity contribution in [3.63, 3.8) is 0 Å². The third kappa shape index (κ3) is 4.07. The minimum absolute atomic E-state index is 0.244. The Morgan fingerprint density at radius 2 is 2.22 bits per heavy atom. The third-order valence-electron chi connectivity index (χ3n) is 3.82. The molecule has 1 aliphatic heterocycles. The van der Waals surface area contributed by atoms with E-state index in [1.165, 1.54) is 18.4 Å². The quantitative estimate of drug-likeness (QED) is 0.747. The van der Waals surface area contributed by atoms with Crippen molar-refractivity contribution < 1.29 is 8.42 Å². The van der Waals surface area contributed by atoms with Crippen LogP contribution in [-0.2, 0) is 10.0 Å². The smallest absolute Gasteiger partial charge is 0.215 e. The zero-order chi connectivity index (χ0) is 12.8. The van der Waals surface area contributed by atoms with Gasteiger partial charge >= 0.3 is 0 Å². The molecule has 0 aromatic heterocycles. The molecule has 5 heteroatoms. The molecule has 2 N–H and O–H groups in total. The Hall–Kier alpha value is -0.390. The summed E-state index contributed by atoms with van der Waals surface area (Å²) >= 11 is 0. The molecule has 0 saturated carbocycles. The summed E-state index contributed by atoms with van der Waals surface area (Å²) in [5.74, 6) is 0. The molecule has 1 unspecified atom stereocenters. The van der Waals surface area contributed by atoms with Crippen molar-refractivity contribution in [1.29, 1.82) is 0 Å². The lowest BCUT2D eigenvalue weighted by atomic mass is 9.97. The molecule has 0 bridgehead atoms. The number of allylic oxidation sites excluding steroid dienone is 1. The van der Waals surface area contributed by atoms with Crippen molar-refractivity contribution in [3.8, 4) is 0 Å². The van der Waals surface area contributed by atoms with Gasteiger partial charge in [-0.15, -0.1) is 0 Å². The van der Waals surface area contributed by atoms with Crippen molar-refractivity contribution in [3.05, 3.63) is 11.6 Å². The van der Waals surface area contributed by atoms with Crippen LogP contribution in [0.2, 0.25) is 0 Å². The zero-order valence-electron chi connectivity index (χ0n) is 11.0. The summed E-state index contributed by atoms with van der Waals surface area (Å²) in [6.07, 6.45) is 9.73. The van der Waals surface area contributed by atoms with E-state index in [2.05, 4.69) is 16.1 Å². The standard InChI is InChI=1S/C13H24N2O2S/c16-18(17,13-7-4-9-14-11-13)15-10-8-12-5-2-1-3-6-12/h5,13-15H,1-4,6-11H2. The number of hydrogen-bond donors (Lipinski definition) is 2. The van der Waals surface area contributed by atoms with Crippen molar-refractivity contribution >= 4 is 10.0 Å². The summed E-state index contributed by atoms with van der Waals surface area (Å²) in [4.78, 5) is 0. The van der Waals surface area contributed by atoms with Crippen LogP contribution < -0.4 is 10.0 Å². The highest BCUT2D eigenvalue weighted by molar-refractivity contribution is 7.90. The van der Waals surface area contributed by atoms with Gasteiger partial charge in [-0.2, -0.15) is 0 Å². The number of rotatable bonds is 5. The summed E-state index contributed by atoms with van der Waals surface area (Å²) < 4.78 is 26.9. The van der Waals surface area contributed by atoms with E-state index in [1.807, 2.05) is 0 Å². The topological polar surface area (TPSA) is 58.2 Å². The van der Waals surface area contributed by atoms with Crippen LogP contribution >= 0.6 is 0 Å². The maximum atomic E-state index is 12.1. The van der Waals surface area contributed by atoms with Crippen LogP contribution in [0.15, 0.2) is 11.6 Å². The van der Waals surface area contributed by atoms with Gasteiger partial charge in [-0.3, -0.25) is 0 Å². The summed E-state index contributed by atoms with van der Waals surface area (Å²) in [5, 5.41) is 2.91. The maximum absolute atomic E-state index is 12.1. The van der Waals surface area contributed by atoms with E-state index in [4.69, 9.17) is 0 Å². The Balaban J connectivity index is 1.76. The summed E-state index contributed by atoms with van der Waals surface area (Å²) in [6.45, 7) is 2.10. The predicted molar refractivity (Wildman–Crippen MR) is 74.0 cm³/mol. The zero-order valence-corrected chi connectivity index (χ0v) is 11.8. The molecule has 0 spiro atoms. The third-order valence-corrected chi connectivity index (χ3v) is 5.71. The van der Waals surface area contributed by atoms with Crippen LogP contribution in [-0.4, -0.2) is 33.3 Å². The van der Waals surface area contributed by atoms with Crippen molar-refractivity contribution in [2.45, 2.75) is 50.2 Å². The summed E-state index contributed by atoms with van der Waals surface area (Å²) in [6, 6.07) is 0. The Kier molecular flexibility index (Phi) is 5.21. The number of piperidine rings is 1. The van der Waals surface area contributed by atoms with Crippen LogP contribution in [0.5, 0.6) is 0 Å². The molecule has 4 nitrogen and oxygen atoms in total. The molecule has 0 radical (unpaired) electrons. The minimum Gasteiger partial charge on any atom is -0.315 e. The van der Waals surface area contributed by atoms with E-state index in [0.717, 1.165) is 38.6 Å². The lowest BCUT2D eigenvalue weighted by Crippen LogP contribution is -2.44. The highest BCUT2D eigenvalue weighted by Gasteiger charge is 2.26. The van der Waals surface area contributed by atoms with Gasteiger partial charge in [-0.05, 0) is 51.5 Å². The van der Waals surface area contributed by atoms with Crippen molar-refractivity contribution in [2.24, 2.45) is 0 Å². The fourth-order valence-electron chi connectivity index (χ4n) is 2.69. The molecule has 0 aromatic carbocycles. The molecule has 18 heavy (non-hydrogen) atoms. The fraction of sp³-hybridized carbons (Fsp3) is 0.846. The molecule has 0 amide bonds. The van der Waals surface area contributed by atoms with Gasteiger partial charge in [-0.25, -0.2) is 13.1 Å².